The summed E-state index contributed by atoms with van der Waals surface area (Å²) in [6, 6.07) is 14.4. The molecular weight excluding hydrogens is 678 g/mol. The molecule has 0 radical (unpaired) electrons. The Kier molecular flexibility index (Phi) is 10.5. The number of para-hydroxylation sites is 2. The molecule has 13 nitrogen and oxygen atoms in total. The summed E-state index contributed by atoms with van der Waals surface area (Å²) >= 11 is 0. The third-order valence-electron chi connectivity index (χ3n) is 7.55. The van der Waals surface area contributed by atoms with Crippen molar-refractivity contribution in [1.29, 1.82) is 0 Å². The quantitative estimate of drug-likeness (QED) is 0.199. The number of fused-ring (bicyclic) bond motifs is 2. The predicted octanol–water partition coefficient (Wildman–Crippen LogP) is 7.14. The van der Waals surface area contributed by atoms with E-state index in [-0.39, 0.29) is 35.3 Å². The third kappa shape index (κ3) is 9.02. The van der Waals surface area contributed by atoms with Crippen molar-refractivity contribution in [2.45, 2.75) is 72.4 Å². The van der Waals surface area contributed by atoms with Crippen LogP contribution in [0.5, 0.6) is 0 Å². The van der Waals surface area contributed by atoms with Gasteiger partial charge in [-0.2, -0.15) is 5.10 Å². The van der Waals surface area contributed by atoms with Crippen LogP contribution < -0.4 is 15.5 Å². The van der Waals surface area contributed by atoms with Gasteiger partial charge >= 0.3 is 18.2 Å². The van der Waals surface area contributed by atoms with E-state index < -0.39 is 53.4 Å². The lowest BCUT2D eigenvalue weighted by molar-refractivity contribution is -0.114. The van der Waals surface area contributed by atoms with Crippen LogP contribution in [0.15, 0.2) is 66.9 Å². The maximum absolute atomic E-state index is 15.7. The summed E-state index contributed by atoms with van der Waals surface area (Å²) < 4.78 is 42.9. The van der Waals surface area contributed by atoms with Crippen molar-refractivity contribution in [3.63, 3.8) is 0 Å². The summed E-state index contributed by atoms with van der Waals surface area (Å²) in [6.45, 7) is 9.18. The van der Waals surface area contributed by atoms with E-state index in [1.807, 2.05) is 12.1 Å². The van der Waals surface area contributed by atoms with Crippen molar-refractivity contribution in [2.24, 2.45) is 7.05 Å². The first-order chi connectivity index (χ1) is 24.4. The average molecular weight is 719 g/mol. The van der Waals surface area contributed by atoms with Crippen LogP contribution in [0.3, 0.4) is 0 Å². The molecule has 15 heteroatoms. The fraction of sp³-hybridized carbons (Fsp3) is 0.324. The zero-order valence-corrected chi connectivity index (χ0v) is 29.9. The lowest BCUT2D eigenvalue weighted by Crippen LogP contribution is -2.38. The van der Waals surface area contributed by atoms with Crippen molar-refractivity contribution in [3.05, 3.63) is 106 Å². The van der Waals surface area contributed by atoms with E-state index in [0.29, 0.717) is 16.4 Å². The van der Waals surface area contributed by atoms with Crippen molar-refractivity contribution < 1.29 is 42.3 Å². The van der Waals surface area contributed by atoms with E-state index in [9.17, 15) is 23.6 Å². The lowest BCUT2D eigenvalue weighted by Gasteiger charge is -2.26. The first-order valence-corrected chi connectivity index (χ1v) is 16.3. The van der Waals surface area contributed by atoms with Gasteiger partial charge in [-0.25, -0.2) is 23.2 Å². The molecule has 1 aromatic heterocycles. The summed E-state index contributed by atoms with van der Waals surface area (Å²) in [5, 5.41) is 10.5. The van der Waals surface area contributed by atoms with Crippen molar-refractivity contribution in [2.75, 3.05) is 10.2 Å². The first-order valence-electron chi connectivity index (χ1n) is 16.3. The van der Waals surface area contributed by atoms with Crippen LogP contribution in [0.25, 0.3) is 0 Å². The van der Waals surface area contributed by atoms with E-state index in [2.05, 4.69) is 15.7 Å². The smallest absolute Gasteiger partial charge is 0.444 e. The molecule has 0 spiro atoms. The average Bonchev–Trinajstić information content (AvgIpc) is 3.29. The van der Waals surface area contributed by atoms with Crippen molar-refractivity contribution in [1.82, 2.24) is 20.2 Å². The zero-order chi connectivity index (χ0) is 38.0. The Morgan fingerprint density at radius 1 is 0.885 bits per heavy atom. The van der Waals surface area contributed by atoms with E-state index in [1.165, 1.54) is 29.2 Å². The number of rotatable bonds is 6. The van der Waals surface area contributed by atoms with Gasteiger partial charge in [0.05, 0.1) is 36.2 Å². The monoisotopic (exact) mass is 718 g/mol. The Balaban J connectivity index is 1.34. The number of aromatic nitrogens is 2. The number of hydrogen-bond donors (Lipinski definition) is 2. The van der Waals surface area contributed by atoms with Gasteiger partial charge in [0.2, 0.25) is 0 Å². The number of halogens is 2. The molecule has 2 N–H and O–H groups in total. The molecule has 52 heavy (non-hydrogen) atoms. The summed E-state index contributed by atoms with van der Waals surface area (Å²) in [6.07, 6.45) is -0.210. The summed E-state index contributed by atoms with van der Waals surface area (Å²) in [4.78, 5) is 58.9. The normalized spacial score (nSPS) is 12.4. The van der Waals surface area contributed by atoms with E-state index >= 15 is 4.39 Å². The van der Waals surface area contributed by atoms with Crippen molar-refractivity contribution >= 4 is 41.3 Å². The molecule has 274 valence electrons. The molecule has 3 amide bonds. The number of carbonyl (C=O) groups is 4. The van der Waals surface area contributed by atoms with Gasteiger partial charge in [0.15, 0.2) is 0 Å². The van der Waals surface area contributed by atoms with Crippen LogP contribution in [0, 0.1) is 11.6 Å². The number of hydrogen-bond acceptors (Lipinski definition) is 9. The molecule has 0 atom stereocenters. The van der Waals surface area contributed by atoms with Crippen molar-refractivity contribution in [3.8, 4) is 0 Å². The Labute approximate surface area is 299 Å². The van der Waals surface area contributed by atoms with Crippen LogP contribution in [0.1, 0.15) is 78.9 Å². The second kappa shape index (κ2) is 14.7. The molecule has 0 fully saturated rings. The van der Waals surface area contributed by atoms with Gasteiger partial charge in [0.1, 0.15) is 28.7 Å². The first kappa shape index (κ1) is 37.3. The van der Waals surface area contributed by atoms with Gasteiger partial charge in [-0.15, -0.1) is 5.06 Å². The molecule has 5 rings (SSSR count). The fourth-order valence-corrected chi connectivity index (χ4v) is 5.16. The van der Waals surface area contributed by atoms with Crippen LogP contribution in [-0.4, -0.2) is 50.1 Å². The van der Waals surface area contributed by atoms with Gasteiger partial charge in [0.25, 0.3) is 5.91 Å². The van der Waals surface area contributed by atoms with E-state index in [1.54, 1.807) is 71.6 Å². The van der Waals surface area contributed by atoms with Gasteiger partial charge in [-0.05, 0) is 77.9 Å². The molecular formula is C37H40F2N6O7. The molecule has 0 bridgehead atoms. The largest absolute Gasteiger partial charge is 0.444 e. The number of nitrogens with one attached hydrogen (secondary N) is 2. The maximum Gasteiger partial charge on any atom is 0.444 e. The highest BCUT2D eigenvalue weighted by Gasteiger charge is 2.30. The van der Waals surface area contributed by atoms with Gasteiger partial charge in [0, 0.05) is 35.8 Å². The van der Waals surface area contributed by atoms with E-state index in [0.717, 1.165) is 23.5 Å². The van der Waals surface area contributed by atoms with E-state index in [4.69, 9.17) is 14.3 Å². The minimum absolute atomic E-state index is 0.0286. The maximum atomic E-state index is 15.7. The summed E-state index contributed by atoms with van der Waals surface area (Å²) in [7, 11) is 1.78. The molecule has 3 aromatic carbocycles. The number of carbonyl (C=O) groups excluding carboxylic acids is 4. The van der Waals surface area contributed by atoms with Gasteiger partial charge in [-0.1, -0.05) is 24.3 Å². The molecule has 0 unspecified atom stereocenters. The number of alkyl carbamates (subject to hydrolysis) is 1. The number of hydroxylamine groups is 2. The molecule has 1 aliphatic rings. The predicted molar refractivity (Wildman–Crippen MR) is 187 cm³/mol. The number of aryl methyl sites for hydroxylation is 1. The zero-order valence-electron chi connectivity index (χ0n) is 29.9. The summed E-state index contributed by atoms with van der Waals surface area (Å²) in [5.41, 5.74) is -0.0395. The number of amides is 3. The molecule has 0 aliphatic carbocycles. The Morgan fingerprint density at radius 3 is 2.19 bits per heavy atom. The Hall–Kier alpha value is -5.99. The highest BCUT2D eigenvalue weighted by molar-refractivity contribution is 6.08. The highest BCUT2D eigenvalue weighted by Crippen LogP contribution is 2.36. The van der Waals surface area contributed by atoms with Crippen LogP contribution in [0.4, 0.5) is 35.6 Å². The standard InChI is InChI=1S/C37H40F2N6O7/c1-36(2,3)50-34(48)40-18-24-14-13-23(17-27(24)38)33(47)52-45(35(49)51-37(4,5)6)21-25-15-12-22(16-28(25)39)32(46)44-20-26-19-41-43(7)31(26)42-29-10-8-9-11-30(29)44/h8-17,19,42H,18,20-21H2,1-7H3,(H,40,48). The SMILES string of the molecule is Cn1ncc2c1Nc1ccccc1N(C(=O)c1ccc(CN(OC(=O)c3ccc(CNC(=O)OC(C)(C)C)c(F)c3)C(=O)OC(C)(C)C)c(F)c1)C2. The van der Waals surface area contributed by atoms with Crippen LogP contribution in [-0.2, 0) is 41.0 Å². The number of benzene rings is 3. The minimum Gasteiger partial charge on any atom is -0.444 e. The lowest BCUT2D eigenvalue weighted by atomic mass is 10.1. The van der Waals surface area contributed by atoms with Crippen LogP contribution in [0.2, 0.25) is 0 Å². The van der Waals surface area contributed by atoms with Gasteiger partial charge < -0.3 is 29.8 Å². The molecule has 4 aromatic rings. The number of nitrogens with zero attached hydrogens (tertiary/aromatic N) is 4. The topological polar surface area (TPSA) is 144 Å². The van der Waals surface area contributed by atoms with Crippen LogP contribution >= 0.6 is 0 Å². The van der Waals surface area contributed by atoms with Gasteiger partial charge in [-0.3, -0.25) is 9.48 Å². The Bertz CT molecular complexity index is 2020. The highest BCUT2D eigenvalue weighted by atomic mass is 19.1. The summed E-state index contributed by atoms with van der Waals surface area (Å²) in [5.74, 6) is -2.59. The molecule has 0 saturated carbocycles. The molecule has 2 heterocycles. The number of anilines is 3. The minimum atomic E-state index is -1.13. The third-order valence-corrected chi connectivity index (χ3v) is 7.55. The molecule has 1 aliphatic heterocycles. The Morgan fingerprint density at radius 2 is 1.52 bits per heavy atom. The fourth-order valence-electron chi connectivity index (χ4n) is 5.16. The number of ether oxygens (including phenoxy) is 2. The molecule has 0 saturated heterocycles. The second-order valence-corrected chi connectivity index (χ2v) is 14.0. The second-order valence-electron chi connectivity index (χ2n) is 14.0.